The van der Waals surface area contributed by atoms with Gasteiger partial charge in [0.05, 0.1) is 11.2 Å². The van der Waals surface area contributed by atoms with Crippen molar-refractivity contribution in [3.63, 3.8) is 0 Å². The Bertz CT molecular complexity index is 1130. The van der Waals surface area contributed by atoms with Crippen LogP contribution in [0.5, 0.6) is 0 Å². The highest BCUT2D eigenvalue weighted by atomic mass is 16.1. The van der Waals surface area contributed by atoms with Gasteiger partial charge in [0.1, 0.15) is 11.6 Å². The van der Waals surface area contributed by atoms with E-state index in [1.165, 1.54) is 11.3 Å². The van der Waals surface area contributed by atoms with Gasteiger partial charge >= 0.3 is 0 Å². The molecule has 5 heteroatoms. The number of anilines is 2. The third kappa shape index (κ3) is 3.36. The first kappa shape index (κ1) is 19.1. The summed E-state index contributed by atoms with van der Waals surface area (Å²) in [6.07, 6.45) is 2.02. The lowest BCUT2D eigenvalue weighted by Gasteiger charge is -2.35. The minimum Gasteiger partial charge on any atom is -0.378 e. The number of fused-ring (bicyclic) bond motifs is 1. The summed E-state index contributed by atoms with van der Waals surface area (Å²) in [5.74, 6) is 0.505. The van der Waals surface area contributed by atoms with E-state index in [0.717, 1.165) is 42.5 Å². The molecule has 0 N–H and O–H groups in total. The lowest BCUT2D eigenvalue weighted by Crippen LogP contribution is -2.35. The molecular weight excluding hydrogens is 360 g/mol. The Hall–Kier alpha value is -3.26. The topological polar surface area (TPSA) is 52.3 Å². The summed E-state index contributed by atoms with van der Waals surface area (Å²) < 4.78 is 1.58. The fourth-order valence-electron chi connectivity index (χ4n) is 4.39. The zero-order valence-electron chi connectivity index (χ0n) is 17.2. The molecule has 0 unspecified atom stereocenters. The number of nitriles is 1. The Labute approximate surface area is 171 Å². The molecular formula is C24H26N4O. The number of piperidine rings is 1. The Morgan fingerprint density at radius 1 is 1.03 bits per heavy atom. The first-order chi connectivity index (χ1) is 14.0. The molecule has 0 saturated carbocycles. The van der Waals surface area contributed by atoms with Gasteiger partial charge in [-0.1, -0.05) is 30.3 Å². The summed E-state index contributed by atoms with van der Waals surface area (Å²) in [5.41, 5.74) is 4.27. The molecule has 29 heavy (non-hydrogen) atoms. The predicted molar refractivity (Wildman–Crippen MR) is 119 cm³/mol. The van der Waals surface area contributed by atoms with Crippen LogP contribution in [0.3, 0.4) is 0 Å². The van der Waals surface area contributed by atoms with Crippen LogP contribution in [0.4, 0.5) is 11.4 Å². The van der Waals surface area contributed by atoms with E-state index in [4.69, 9.17) is 0 Å². The summed E-state index contributed by atoms with van der Waals surface area (Å²) >= 11 is 0. The highest BCUT2D eigenvalue weighted by molar-refractivity contribution is 5.94. The van der Waals surface area contributed by atoms with Crippen molar-refractivity contribution in [2.75, 3.05) is 37.0 Å². The van der Waals surface area contributed by atoms with Crippen LogP contribution in [0.1, 0.15) is 29.9 Å². The zero-order valence-corrected chi connectivity index (χ0v) is 17.2. The smallest absolute Gasteiger partial charge is 0.270 e. The fourth-order valence-corrected chi connectivity index (χ4v) is 4.39. The first-order valence-electron chi connectivity index (χ1n) is 10.1. The van der Waals surface area contributed by atoms with Crippen LogP contribution in [0.25, 0.3) is 10.9 Å². The molecule has 5 nitrogen and oxygen atoms in total. The summed E-state index contributed by atoms with van der Waals surface area (Å²) in [5, 5.41) is 10.7. The van der Waals surface area contributed by atoms with Gasteiger partial charge in [-0.2, -0.15) is 5.26 Å². The molecule has 3 aromatic rings. The Kier molecular flexibility index (Phi) is 5.02. The van der Waals surface area contributed by atoms with E-state index in [9.17, 15) is 10.1 Å². The van der Waals surface area contributed by atoms with Crippen molar-refractivity contribution in [3.05, 3.63) is 70.0 Å². The van der Waals surface area contributed by atoms with Crippen molar-refractivity contribution >= 4 is 22.3 Å². The van der Waals surface area contributed by atoms with Crippen LogP contribution in [0.15, 0.2) is 53.3 Å². The molecule has 0 amide bonds. The van der Waals surface area contributed by atoms with Crippen LogP contribution in [0.2, 0.25) is 0 Å². The maximum absolute atomic E-state index is 12.8. The molecule has 1 aromatic heterocycles. The van der Waals surface area contributed by atoms with Gasteiger partial charge in [-0.15, -0.1) is 0 Å². The van der Waals surface area contributed by atoms with Gasteiger partial charge in [0, 0.05) is 45.3 Å². The Morgan fingerprint density at radius 3 is 2.31 bits per heavy atom. The number of rotatable bonds is 3. The van der Waals surface area contributed by atoms with E-state index < -0.39 is 0 Å². The SMILES string of the molecule is CN(C)c1ccc(C2CCN(c3c(C#N)c(=O)n(C)c4ccccc34)CC2)cc1. The molecule has 1 fully saturated rings. The van der Waals surface area contributed by atoms with Crippen LogP contribution >= 0.6 is 0 Å². The van der Waals surface area contributed by atoms with Gasteiger partial charge in [-0.05, 0) is 42.5 Å². The minimum absolute atomic E-state index is 0.220. The molecule has 0 spiro atoms. The van der Waals surface area contributed by atoms with Gasteiger partial charge < -0.3 is 14.4 Å². The highest BCUT2D eigenvalue weighted by Gasteiger charge is 2.25. The van der Waals surface area contributed by atoms with Crippen LogP contribution in [-0.4, -0.2) is 31.8 Å². The number of hydrogen-bond acceptors (Lipinski definition) is 4. The normalized spacial score (nSPS) is 14.8. The monoisotopic (exact) mass is 386 g/mol. The molecule has 1 saturated heterocycles. The maximum atomic E-state index is 12.8. The van der Waals surface area contributed by atoms with Crippen molar-refractivity contribution < 1.29 is 0 Å². The number of aryl methyl sites for hydroxylation is 1. The standard InChI is InChI=1S/C24H26N4O/c1-26(2)19-10-8-17(9-11-19)18-12-14-28(15-13-18)23-20-6-4-5-7-22(20)27(3)24(29)21(23)16-25/h4-11,18H,12-15H2,1-3H3. The van der Waals surface area contributed by atoms with Crippen molar-refractivity contribution in [2.45, 2.75) is 18.8 Å². The molecule has 0 bridgehead atoms. The van der Waals surface area contributed by atoms with Gasteiger partial charge in [-0.3, -0.25) is 4.79 Å². The third-order valence-corrected chi connectivity index (χ3v) is 6.08. The molecule has 148 valence electrons. The zero-order chi connectivity index (χ0) is 20.5. The summed E-state index contributed by atoms with van der Waals surface area (Å²) in [4.78, 5) is 17.1. The first-order valence-corrected chi connectivity index (χ1v) is 10.1. The number of para-hydroxylation sites is 1. The van der Waals surface area contributed by atoms with E-state index in [-0.39, 0.29) is 11.1 Å². The molecule has 0 aliphatic carbocycles. The molecule has 2 aromatic carbocycles. The summed E-state index contributed by atoms with van der Waals surface area (Å²) in [6.45, 7) is 1.68. The summed E-state index contributed by atoms with van der Waals surface area (Å²) in [7, 11) is 5.84. The minimum atomic E-state index is -0.220. The van der Waals surface area contributed by atoms with Crippen molar-refractivity contribution in [3.8, 4) is 6.07 Å². The summed E-state index contributed by atoms with van der Waals surface area (Å²) in [6, 6.07) is 18.8. The van der Waals surface area contributed by atoms with E-state index in [2.05, 4.69) is 54.2 Å². The van der Waals surface area contributed by atoms with Crippen molar-refractivity contribution in [2.24, 2.45) is 7.05 Å². The van der Waals surface area contributed by atoms with Crippen molar-refractivity contribution in [1.29, 1.82) is 5.26 Å². The molecule has 1 aliphatic heterocycles. The van der Waals surface area contributed by atoms with Crippen molar-refractivity contribution in [1.82, 2.24) is 4.57 Å². The second kappa shape index (κ2) is 7.63. The Morgan fingerprint density at radius 2 is 1.69 bits per heavy atom. The Balaban J connectivity index is 1.64. The largest absolute Gasteiger partial charge is 0.378 e. The quantitative estimate of drug-likeness (QED) is 0.686. The third-order valence-electron chi connectivity index (χ3n) is 6.08. The van der Waals surface area contributed by atoms with E-state index in [1.54, 1.807) is 11.6 Å². The average Bonchev–Trinajstić information content (AvgIpc) is 2.76. The molecule has 1 aliphatic rings. The maximum Gasteiger partial charge on any atom is 0.270 e. The van der Waals surface area contributed by atoms with E-state index in [1.807, 2.05) is 24.3 Å². The lowest BCUT2D eigenvalue weighted by molar-refractivity contribution is 0.506. The van der Waals surface area contributed by atoms with Crippen LogP contribution in [0, 0.1) is 11.3 Å². The van der Waals surface area contributed by atoms with Crippen LogP contribution in [-0.2, 0) is 7.05 Å². The molecule has 2 heterocycles. The van der Waals surface area contributed by atoms with Crippen LogP contribution < -0.4 is 15.4 Å². The predicted octanol–water partition coefficient (Wildman–Crippen LogP) is 3.86. The number of hydrogen-bond donors (Lipinski definition) is 0. The average molecular weight is 386 g/mol. The number of nitrogens with zero attached hydrogens (tertiary/aromatic N) is 4. The van der Waals surface area contributed by atoms with Gasteiger partial charge in [0.2, 0.25) is 0 Å². The van der Waals surface area contributed by atoms with Gasteiger partial charge in [0.15, 0.2) is 0 Å². The second-order valence-electron chi connectivity index (χ2n) is 7.96. The van der Waals surface area contributed by atoms with Gasteiger partial charge in [0.25, 0.3) is 5.56 Å². The van der Waals surface area contributed by atoms with Gasteiger partial charge in [-0.25, -0.2) is 0 Å². The van der Waals surface area contributed by atoms with E-state index in [0.29, 0.717) is 5.92 Å². The highest BCUT2D eigenvalue weighted by Crippen LogP contribution is 2.35. The molecule has 4 rings (SSSR count). The molecule has 0 radical (unpaired) electrons. The number of benzene rings is 2. The lowest BCUT2D eigenvalue weighted by atomic mass is 9.88. The fraction of sp³-hybridized carbons (Fsp3) is 0.333. The number of aromatic nitrogens is 1. The second-order valence-corrected chi connectivity index (χ2v) is 7.96. The van der Waals surface area contributed by atoms with E-state index >= 15 is 0 Å². The molecule has 0 atom stereocenters. The number of pyridine rings is 1.